The number of amides is 1. The molecule has 35 heavy (non-hydrogen) atoms. The Hall–Kier alpha value is -4.01. The van der Waals surface area contributed by atoms with Crippen LogP contribution in [0.4, 0.5) is 0 Å². The van der Waals surface area contributed by atoms with Crippen LogP contribution in [-0.2, 0) is 6.54 Å². The molecule has 1 saturated heterocycles. The molecule has 1 N–H and O–H groups in total. The molecule has 1 atom stereocenters. The number of carbonyl (C=O) groups excluding carboxylic acids is 1. The minimum absolute atomic E-state index is 0.0568. The molecule has 3 heterocycles. The van der Waals surface area contributed by atoms with Crippen molar-refractivity contribution in [1.82, 2.24) is 29.9 Å². The van der Waals surface area contributed by atoms with Crippen molar-refractivity contribution in [3.05, 3.63) is 80.9 Å². The fraction of sp³-hybridized carbons (Fsp3) is 0.346. The molecule has 1 fully saturated rings. The van der Waals surface area contributed by atoms with Gasteiger partial charge in [-0.1, -0.05) is 35.0 Å². The lowest BCUT2D eigenvalue weighted by atomic mass is 9.96. The van der Waals surface area contributed by atoms with Gasteiger partial charge < -0.3 is 14.6 Å². The number of ether oxygens (including phenoxy) is 1. The van der Waals surface area contributed by atoms with Gasteiger partial charge >= 0.3 is 0 Å². The van der Waals surface area contributed by atoms with Crippen molar-refractivity contribution in [1.29, 1.82) is 0 Å². The lowest BCUT2D eigenvalue weighted by molar-refractivity contribution is 0.0704. The lowest BCUT2D eigenvalue weighted by Gasteiger charge is -2.32. The number of aryl methyl sites for hydroxylation is 2. The Balaban J connectivity index is 1.43. The van der Waals surface area contributed by atoms with Crippen LogP contribution in [0.5, 0.6) is 5.75 Å². The van der Waals surface area contributed by atoms with Gasteiger partial charge in [0.2, 0.25) is 0 Å². The third-order valence-electron chi connectivity index (χ3n) is 6.63. The second kappa shape index (κ2) is 9.32. The summed E-state index contributed by atoms with van der Waals surface area (Å²) in [5, 5.41) is 8.30. The minimum Gasteiger partial charge on any atom is -0.497 e. The fourth-order valence-corrected chi connectivity index (χ4v) is 4.64. The first-order chi connectivity index (χ1) is 16.9. The molecule has 9 nitrogen and oxygen atoms in total. The van der Waals surface area contributed by atoms with Crippen LogP contribution in [0.3, 0.4) is 0 Å². The molecule has 0 saturated carbocycles. The van der Waals surface area contributed by atoms with Gasteiger partial charge in [-0.3, -0.25) is 9.59 Å². The Morgan fingerprint density at radius 2 is 2.06 bits per heavy atom. The Kier molecular flexibility index (Phi) is 6.07. The van der Waals surface area contributed by atoms with Crippen molar-refractivity contribution >= 4 is 17.1 Å². The lowest BCUT2D eigenvalue weighted by Crippen LogP contribution is -2.40. The van der Waals surface area contributed by atoms with E-state index in [0.29, 0.717) is 42.4 Å². The number of rotatable bonds is 5. The van der Waals surface area contributed by atoms with Gasteiger partial charge in [0.1, 0.15) is 11.6 Å². The smallest absolute Gasteiger partial charge is 0.281 e. The van der Waals surface area contributed by atoms with Gasteiger partial charge in [-0.2, -0.15) is 0 Å². The van der Waals surface area contributed by atoms with Gasteiger partial charge in [0.15, 0.2) is 11.2 Å². The molecule has 2 aromatic carbocycles. The van der Waals surface area contributed by atoms with Crippen LogP contribution in [0.1, 0.15) is 51.6 Å². The number of hydrogen-bond donors (Lipinski definition) is 1. The topological polar surface area (TPSA) is 106 Å². The average Bonchev–Trinajstić information content (AvgIpc) is 3.29. The maximum atomic E-state index is 13.2. The SMILES string of the molecule is COc1cccc(C(=O)N2CCC[C@H](c3nc4c(nnn4Cc4cc(C)ccc4C)c(=O)[nH]3)C2)c1. The summed E-state index contributed by atoms with van der Waals surface area (Å²) in [4.78, 5) is 35.5. The van der Waals surface area contributed by atoms with Gasteiger partial charge in [-0.15, -0.1) is 5.10 Å². The summed E-state index contributed by atoms with van der Waals surface area (Å²) >= 11 is 0. The zero-order valence-corrected chi connectivity index (χ0v) is 20.1. The molecule has 9 heteroatoms. The molecule has 4 aromatic rings. The van der Waals surface area contributed by atoms with E-state index in [2.05, 4.69) is 40.4 Å². The van der Waals surface area contributed by atoms with Gasteiger partial charge in [0.05, 0.1) is 13.7 Å². The Morgan fingerprint density at radius 1 is 1.20 bits per heavy atom. The highest BCUT2D eigenvalue weighted by molar-refractivity contribution is 5.94. The highest BCUT2D eigenvalue weighted by Crippen LogP contribution is 2.26. The first kappa shape index (κ1) is 22.8. The van der Waals surface area contributed by atoms with Crippen LogP contribution < -0.4 is 10.3 Å². The van der Waals surface area contributed by atoms with Crippen molar-refractivity contribution in [2.45, 2.75) is 39.2 Å². The molecular formula is C26H28N6O3. The monoisotopic (exact) mass is 472 g/mol. The largest absolute Gasteiger partial charge is 0.497 e. The van der Waals surface area contributed by atoms with Crippen molar-refractivity contribution in [2.75, 3.05) is 20.2 Å². The third-order valence-corrected chi connectivity index (χ3v) is 6.63. The van der Waals surface area contributed by atoms with Crippen LogP contribution >= 0.6 is 0 Å². The molecule has 0 unspecified atom stereocenters. The van der Waals surface area contributed by atoms with Gasteiger partial charge in [-0.05, 0) is 56.0 Å². The van der Waals surface area contributed by atoms with Gasteiger partial charge in [0, 0.05) is 24.6 Å². The van der Waals surface area contributed by atoms with Crippen molar-refractivity contribution in [2.24, 2.45) is 0 Å². The van der Waals surface area contributed by atoms with Crippen LogP contribution in [0, 0.1) is 13.8 Å². The van der Waals surface area contributed by atoms with Crippen molar-refractivity contribution in [3.8, 4) is 5.75 Å². The van der Waals surface area contributed by atoms with E-state index in [1.54, 1.807) is 23.9 Å². The number of aromatic nitrogens is 5. The van der Waals surface area contributed by atoms with E-state index in [-0.39, 0.29) is 22.9 Å². The number of hydrogen-bond acceptors (Lipinski definition) is 6. The normalized spacial score (nSPS) is 16.0. The fourth-order valence-electron chi connectivity index (χ4n) is 4.64. The maximum Gasteiger partial charge on any atom is 0.281 e. The number of fused-ring (bicyclic) bond motifs is 1. The Labute approximate surface area is 202 Å². The predicted octanol–water partition coefficient (Wildman–Crippen LogP) is 3.21. The first-order valence-electron chi connectivity index (χ1n) is 11.8. The number of likely N-dealkylation sites (tertiary alicyclic amines) is 1. The molecule has 0 radical (unpaired) electrons. The number of benzene rings is 2. The molecule has 180 valence electrons. The summed E-state index contributed by atoms with van der Waals surface area (Å²) in [7, 11) is 1.58. The summed E-state index contributed by atoms with van der Waals surface area (Å²) in [6, 6.07) is 13.4. The Morgan fingerprint density at radius 3 is 2.89 bits per heavy atom. The van der Waals surface area contributed by atoms with Crippen LogP contribution in [0.15, 0.2) is 47.3 Å². The molecule has 2 aromatic heterocycles. The van der Waals surface area contributed by atoms with E-state index in [9.17, 15) is 9.59 Å². The molecule has 1 aliphatic rings. The number of methoxy groups -OCH3 is 1. The van der Waals surface area contributed by atoms with E-state index in [4.69, 9.17) is 9.72 Å². The number of piperidine rings is 1. The number of carbonyl (C=O) groups is 1. The van der Waals surface area contributed by atoms with E-state index >= 15 is 0 Å². The average molecular weight is 473 g/mol. The van der Waals surface area contributed by atoms with Crippen LogP contribution in [0.25, 0.3) is 11.2 Å². The minimum atomic E-state index is -0.312. The standard InChI is InChI=1S/C26H28N6O3/c1-16-9-10-17(2)20(12-16)15-32-24-22(29-30-32)25(33)28-23(27-24)19-7-5-11-31(14-19)26(34)18-6-4-8-21(13-18)35-3/h4,6,8-10,12-13,19H,5,7,11,14-15H2,1-3H3,(H,27,28,33)/t19-/m0/s1. The zero-order chi connectivity index (χ0) is 24.5. The number of aromatic amines is 1. The summed E-state index contributed by atoms with van der Waals surface area (Å²) in [6.45, 7) is 5.71. The number of H-pyrrole nitrogens is 1. The van der Waals surface area contributed by atoms with Crippen molar-refractivity contribution < 1.29 is 9.53 Å². The third kappa shape index (κ3) is 4.53. The predicted molar refractivity (Wildman–Crippen MR) is 132 cm³/mol. The van der Waals surface area contributed by atoms with Gasteiger partial charge in [0.25, 0.3) is 11.5 Å². The van der Waals surface area contributed by atoms with Crippen LogP contribution in [0.2, 0.25) is 0 Å². The molecule has 0 spiro atoms. The summed E-state index contributed by atoms with van der Waals surface area (Å²) < 4.78 is 6.94. The highest BCUT2D eigenvalue weighted by Gasteiger charge is 2.28. The van der Waals surface area contributed by atoms with E-state index < -0.39 is 0 Å². The molecule has 5 rings (SSSR count). The van der Waals surface area contributed by atoms with Crippen LogP contribution in [-0.4, -0.2) is 56.0 Å². The van der Waals surface area contributed by atoms with Crippen molar-refractivity contribution in [3.63, 3.8) is 0 Å². The number of nitrogens with one attached hydrogen (secondary N) is 1. The Bertz CT molecular complexity index is 1460. The van der Waals surface area contributed by atoms with E-state index in [1.165, 1.54) is 0 Å². The summed E-state index contributed by atoms with van der Waals surface area (Å²) in [5.41, 5.74) is 4.35. The summed E-state index contributed by atoms with van der Waals surface area (Å²) in [5.74, 6) is 1.07. The quantitative estimate of drug-likeness (QED) is 0.478. The molecular weight excluding hydrogens is 444 g/mol. The highest BCUT2D eigenvalue weighted by atomic mass is 16.5. The molecule has 1 aliphatic heterocycles. The second-order valence-corrected chi connectivity index (χ2v) is 9.12. The van der Waals surface area contributed by atoms with E-state index in [0.717, 1.165) is 29.5 Å². The van der Waals surface area contributed by atoms with Gasteiger partial charge in [-0.25, -0.2) is 9.67 Å². The first-order valence-corrected chi connectivity index (χ1v) is 11.8. The second-order valence-electron chi connectivity index (χ2n) is 9.12. The maximum absolute atomic E-state index is 13.2. The summed E-state index contributed by atoms with van der Waals surface area (Å²) in [6.07, 6.45) is 1.65. The molecule has 0 bridgehead atoms. The zero-order valence-electron chi connectivity index (χ0n) is 20.1. The molecule has 1 amide bonds. The number of nitrogens with zero attached hydrogens (tertiary/aromatic N) is 5. The molecule has 0 aliphatic carbocycles. The van der Waals surface area contributed by atoms with E-state index in [1.807, 2.05) is 24.0 Å².